The summed E-state index contributed by atoms with van der Waals surface area (Å²) in [7, 11) is 1.27. The van der Waals surface area contributed by atoms with Crippen molar-refractivity contribution in [3.63, 3.8) is 0 Å². The van der Waals surface area contributed by atoms with E-state index in [1.54, 1.807) is 0 Å². The fraction of sp³-hybridized carbons (Fsp3) is 0.917. The molecule has 0 fully saturated rings. The Labute approximate surface area is 98.4 Å². The molecule has 0 bridgehead atoms. The number of carbonyl (C=O) groups is 1. The van der Waals surface area contributed by atoms with Crippen LogP contribution in [0.2, 0.25) is 0 Å². The fourth-order valence-corrected chi connectivity index (χ4v) is 1.12. The first-order chi connectivity index (χ1) is 7.13. The summed E-state index contributed by atoms with van der Waals surface area (Å²) in [5.41, 5.74) is -1.33. The molecule has 1 unspecified atom stereocenters. The van der Waals surface area contributed by atoms with Gasteiger partial charge in [0.1, 0.15) is 0 Å². The van der Waals surface area contributed by atoms with Crippen molar-refractivity contribution in [3.8, 4) is 0 Å². The van der Waals surface area contributed by atoms with Gasteiger partial charge < -0.3 is 15.2 Å². The highest BCUT2D eigenvalue weighted by molar-refractivity contribution is 5.78. The molecule has 4 heteroatoms. The van der Waals surface area contributed by atoms with Crippen LogP contribution in [0.3, 0.4) is 0 Å². The molecule has 0 heterocycles. The smallest absolute Gasteiger partial charge is 0.338 e. The molecule has 0 saturated heterocycles. The lowest BCUT2D eigenvalue weighted by Crippen LogP contribution is -2.48. The van der Waals surface area contributed by atoms with E-state index in [0.717, 1.165) is 6.54 Å². The number of aliphatic hydroxyl groups is 1. The van der Waals surface area contributed by atoms with Crippen LogP contribution in [-0.4, -0.2) is 36.9 Å². The highest BCUT2D eigenvalue weighted by Crippen LogP contribution is 2.24. The quantitative estimate of drug-likeness (QED) is 0.674. The Morgan fingerprint density at radius 3 is 2.19 bits per heavy atom. The topological polar surface area (TPSA) is 58.6 Å². The molecule has 16 heavy (non-hydrogen) atoms. The maximum absolute atomic E-state index is 11.2. The molecule has 0 aromatic carbocycles. The molecule has 0 aliphatic carbocycles. The van der Waals surface area contributed by atoms with E-state index in [9.17, 15) is 9.90 Å². The van der Waals surface area contributed by atoms with E-state index in [2.05, 4.69) is 37.7 Å². The number of carbonyl (C=O) groups excluding carboxylic acids is 1. The van der Waals surface area contributed by atoms with E-state index in [1.165, 1.54) is 14.0 Å². The zero-order chi connectivity index (χ0) is 13.0. The van der Waals surface area contributed by atoms with E-state index >= 15 is 0 Å². The summed E-state index contributed by atoms with van der Waals surface area (Å²) in [6.07, 6.45) is 0. The van der Waals surface area contributed by atoms with Crippen LogP contribution in [0.25, 0.3) is 0 Å². The minimum Gasteiger partial charge on any atom is -0.467 e. The third-order valence-corrected chi connectivity index (χ3v) is 3.24. The lowest BCUT2D eigenvalue weighted by molar-refractivity contribution is -0.160. The molecular formula is C12H25NO3. The standard InChI is InChI=1S/C12H25NO3/c1-9(2)11(3,4)7-13-8-12(5,15)10(14)16-6/h9,13,15H,7-8H2,1-6H3. The first-order valence-corrected chi connectivity index (χ1v) is 5.65. The Balaban J connectivity index is 4.13. The van der Waals surface area contributed by atoms with Gasteiger partial charge in [-0.15, -0.1) is 0 Å². The van der Waals surface area contributed by atoms with E-state index in [0.29, 0.717) is 5.92 Å². The molecule has 1 atom stereocenters. The van der Waals surface area contributed by atoms with Crippen LogP contribution >= 0.6 is 0 Å². The summed E-state index contributed by atoms with van der Waals surface area (Å²) in [6, 6.07) is 0. The zero-order valence-electron chi connectivity index (χ0n) is 11.3. The Morgan fingerprint density at radius 2 is 1.81 bits per heavy atom. The average Bonchev–Trinajstić information content (AvgIpc) is 2.15. The SMILES string of the molecule is COC(=O)C(C)(O)CNCC(C)(C)C(C)C. The van der Waals surface area contributed by atoms with Crippen molar-refractivity contribution in [2.75, 3.05) is 20.2 Å². The number of hydrogen-bond donors (Lipinski definition) is 2. The predicted octanol–water partition coefficient (Wildman–Crippen LogP) is 1.18. The third-order valence-electron chi connectivity index (χ3n) is 3.24. The largest absolute Gasteiger partial charge is 0.467 e. The molecule has 0 aliphatic heterocycles. The van der Waals surface area contributed by atoms with Crippen LogP contribution in [0.4, 0.5) is 0 Å². The number of methoxy groups -OCH3 is 1. The van der Waals surface area contributed by atoms with Gasteiger partial charge in [-0.3, -0.25) is 0 Å². The Hall–Kier alpha value is -0.610. The fourth-order valence-electron chi connectivity index (χ4n) is 1.12. The van der Waals surface area contributed by atoms with Crippen LogP contribution in [-0.2, 0) is 9.53 Å². The van der Waals surface area contributed by atoms with Crippen LogP contribution in [0.15, 0.2) is 0 Å². The number of rotatable bonds is 6. The van der Waals surface area contributed by atoms with E-state index in [4.69, 9.17) is 0 Å². The summed E-state index contributed by atoms with van der Waals surface area (Å²) < 4.78 is 4.52. The second-order valence-corrected chi connectivity index (χ2v) is 5.51. The molecule has 0 amide bonds. The molecule has 0 rings (SSSR count). The van der Waals surface area contributed by atoms with Crippen molar-refractivity contribution in [3.05, 3.63) is 0 Å². The maximum atomic E-state index is 11.2. The van der Waals surface area contributed by atoms with Crippen molar-refractivity contribution < 1.29 is 14.6 Å². The summed E-state index contributed by atoms with van der Waals surface area (Å²) in [6.45, 7) is 11.0. The Kier molecular flexibility index (Phi) is 5.42. The van der Waals surface area contributed by atoms with Gasteiger partial charge in [0.2, 0.25) is 0 Å². The van der Waals surface area contributed by atoms with Gasteiger partial charge in [0.15, 0.2) is 5.60 Å². The van der Waals surface area contributed by atoms with E-state index in [-0.39, 0.29) is 12.0 Å². The molecule has 0 spiro atoms. The van der Waals surface area contributed by atoms with Crippen molar-refractivity contribution >= 4 is 5.97 Å². The maximum Gasteiger partial charge on any atom is 0.338 e. The summed E-state index contributed by atoms with van der Waals surface area (Å²) in [5, 5.41) is 12.9. The second-order valence-electron chi connectivity index (χ2n) is 5.51. The van der Waals surface area contributed by atoms with Gasteiger partial charge in [0, 0.05) is 13.1 Å². The minimum absolute atomic E-state index is 0.131. The monoisotopic (exact) mass is 231 g/mol. The molecule has 96 valence electrons. The number of hydrogen-bond acceptors (Lipinski definition) is 4. The molecule has 0 aromatic heterocycles. The highest BCUT2D eigenvalue weighted by Gasteiger charge is 2.32. The third kappa shape index (κ3) is 4.49. The number of esters is 1. The highest BCUT2D eigenvalue weighted by atomic mass is 16.5. The lowest BCUT2D eigenvalue weighted by atomic mass is 9.81. The van der Waals surface area contributed by atoms with Gasteiger partial charge in [0.25, 0.3) is 0 Å². The summed E-state index contributed by atoms with van der Waals surface area (Å²) in [4.78, 5) is 11.2. The molecular weight excluding hydrogens is 206 g/mol. The summed E-state index contributed by atoms with van der Waals surface area (Å²) in [5.74, 6) is -0.0783. The van der Waals surface area contributed by atoms with Crippen molar-refractivity contribution in [1.82, 2.24) is 5.32 Å². The van der Waals surface area contributed by atoms with Gasteiger partial charge >= 0.3 is 5.97 Å². The second kappa shape index (κ2) is 5.64. The van der Waals surface area contributed by atoms with Crippen molar-refractivity contribution in [1.29, 1.82) is 0 Å². The Morgan fingerprint density at radius 1 is 1.31 bits per heavy atom. The van der Waals surface area contributed by atoms with Gasteiger partial charge in [-0.25, -0.2) is 4.79 Å². The number of ether oxygens (including phenoxy) is 1. The van der Waals surface area contributed by atoms with E-state index in [1.807, 2.05) is 0 Å². The van der Waals surface area contributed by atoms with Gasteiger partial charge in [-0.1, -0.05) is 27.7 Å². The molecule has 0 aliphatic rings. The van der Waals surface area contributed by atoms with Crippen LogP contribution < -0.4 is 5.32 Å². The Bertz CT molecular complexity index is 234. The van der Waals surface area contributed by atoms with Crippen LogP contribution in [0.5, 0.6) is 0 Å². The first-order valence-electron chi connectivity index (χ1n) is 5.65. The van der Waals surface area contributed by atoms with Crippen LogP contribution in [0.1, 0.15) is 34.6 Å². The predicted molar refractivity (Wildman–Crippen MR) is 64.1 cm³/mol. The zero-order valence-corrected chi connectivity index (χ0v) is 11.3. The minimum atomic E-state index is -1.46. The molecule has 2 N–H and O–H groups in total. The summed E-state index contributed by atoms with van der Waals surface area (Å²) >= 11 is 0. The lowest BCUT2D eigenvalue weighted by Gasteiger charge is -2.31. The van der Waals surface area contributed by atoms with Crippen molar-refractivity contribution in [2.24, 2.45) is 11.3 Å². The molecule has 0 radical (unpaired) electrons. The normalized spacial score (nSPS) is 16.0. The van der Waals surface area contributed by atoms with Gasteiger partial charge in [0.05, 0.1) is 7.11 Å². The van der Waals surface area contributed by atoms with Gasteiger partial charge in [-0.2, -0.15) is 0 Å². The first kappa shape index (κ1) is 15.4. The average molecular weight is 231 g/mol. The van der Waals surface area contributed by atoms with E-state index < -0.39 is 11.6 Å². The van der Waals surface area contributed by atoms with Crippen LogP contribution in [0, 0.1) is 11.3 Å². The molecule has 4 nitrogen and oxygen atoms in total. The number of nitrogens with one attached hydrogen (secondary N) is 1. The van der Waals surface area contributed by atoms with Crippen molar-refractivity contribution in [2.45, 2.75) is 40.2 Å². The molecule has 0 aromatic rings. The van der Waals surface area contributed by atoms with Gasteiger partial charge in [-0.05, 0) is 18.3 Å². The molecule has 0 saturated carbocycles.